The third kappa shape index (κ3) is 5.79. The van der Waals surface area contributed by atoms with Crippen LogP contribution in [0.25, 0.3) is 11.1 Å². The molecule has 0 aromatic heterocycles. The number of hydrogen-bond acceptors (Lipinski definition) is 6. The third-order valence-corrected chi connectivity index (χ3v) is 4.29. The van der Waals surface area contributed by atoms with Crippen LogP contribution in [-0.4, -0.2) is 17.9 Å². The first-order chi connectivity index (χ1) is 15.4. The van der Waals surface area contributed by atoms with Crippen molar-refractivity contribution in [1.82, 2.24) is 0 Å². The molecule has 0 spiro atoms. The minimum atomic E-state index is -0.526. The van der Waals surface area contributed by atoms with Crippen LogP contribution in [-0.2, 0) is 9.59 Å². The molecule has 3 aromatic carbocycles. The van der Waals surface area contributed by atoms with E-state index in [0.29, 0.717) is 22.8 Å². The zero-order chi connectivity index (χ0) is 23.1. The summed E-state index contributed by atoms with van der Waals surface area (Å²) in [6.07, 6.45) is 1.10. The second kappa shape index (κ2) is 10.0. The van der Waals surface area contributed by atoms with Crippen molar-refractivity contribution in [3.8, 4) is 28.4 Å². The van der Waals surface area contributed by atoms with Gasteiger partial charge in [0.2, 0.25) is 0 Å². The Morgan fingerprint density at radius 2 is 1.12 bits per heavy atom. The van der Waals surface area contributed by atoms with Crippen molar-refractivity contribution in [1.29, 1.82) is 0 Å². The maximum atomic E-state index is 12.4. The molecule has 0 atom stereocenters. The standard InChI is InChI=1S/C26H20O6/c1-4-24(27)30-21-11-9-19(10-12-21)18-5-7-20(8-6-18)26(29)32-23-15-13-22(14-16-23)31-25(28)17(2)3/h4-16H,1-2H2,3H3. The van der Waals surface area contributed by atoms with E-state index in [9.17, 15) is 14.4 Å². The van der Waals surface area contributed by atoms with Gasteiger partial charge in [-0.25, -0.2) is 14.4 Å². The summed E-state index contributed by atoms with van der Waals surface area (Å²) in [6, 6.07) is 20.0. The molecule has 0 saturated heterocycles. The third-order valence-electron chi connectivity index (χ3n) is 4.29. The summed E-state index contributed by atoms with van der Waals surface area (Å²) < 4.78 is 15.5. The van der Waals surface area contributed by atoms with Crippen LogP contribution in [0.1, 0.15) is 17.3 Å². The minimum absolute atomic E-state index is 0.288. The van der Waals surface area contributed by atoms with Crippen molar-refractivity contribution < 1.29 is 28.6 Å². The van der Waals surface area contributed by atoms with E-state index in [0.717, 1.165) is 17.2 Å². The van der Waals surface area contributed by atoms with Crippen LogP contribution in [0.15, 0.2) is 97.6 Å². The first-order valence-electron chi connectivity index (χ1n) is 9.60. The molecule has 0 fully saturated rings. The van der Waals surface area contributed by atoms with Crippen LogP contribution in [0.3, 0.4) is 0 Å². The Hall–Kier alpha value is -4.45. The number of carbonyl (C=O) groups is 3. The predicted molar refractivity (Wildman–Crippen MR) is 120 cm³/mol. The molecular weight excluding hydrogens is 408 g/mol. The Labute approximate surface area is 185 Å². The van der Waals surface area contributed by atoms with Crippen molar-refractivity contribution in [3.05, 3.63) is 103 Å². The normalized spacial score (nSPS) is 10.0. The fraction of sp³-hybridized carbons (Fsp3) is 0.0385. The van der Waals surface area contributed by atoms with Gasteiger partial charge in [0.1, 0.15) is 17.2 Å². The Kier molecular flexibility index (Phi) is 6.98. The molecule has 0 amide bonds. The van der Waals surface area contributed by atoms with Crippen molar-refractivity contribution >= 4 is 17.9 Å². The number of esters is 3. The average Bonchev–Trinajstić information content (AvgIpc) is 2.80. The molecule has 3 aromatic rings. The van der Waals surface area contributed by atoms with Crippen LogP contribution < -0.4 is 14.2 Å². The highest BCUT2D eigenvalue weighted by Gasteiger charge is 2.11. The monoisotopic (exact) mass is 428 g/mol. The lowest BCUT2D eigenvalue weighted by atomic mass is 10.0. The van der Waals surface area contributed by atoms with Gasteiger partial charge in [-0.1, -0.05) is 37.4 Å². The quantitative estimate of drug-likeness (QED) is 0.294. The fourth-order valence-corrected chi connectivity index (χ4v) is 2.61. The molecule has 3 rings (SSSR count). The predicted octanol–water partition coefficient (Wildman–Crippen LogP) is 5.15. The molecule has 6 heteroatoms. The lowest BCUT2D eigenvalue weighted by Crippen LogP contribution is -2.09. The second-order valence-electron chi connectivity index (χ2n) is 6.76. The van der Waals surface area contributed by atoms with Gasteiger partial charge in [0, 0.05) is 11.6 Å². The summed E-state index contributed by atoms with van der Waals surface area (Å²) in [4.78, 5) is 35.2. The molecule has 6 nitrogen and oxygen atoms in total. The van der Waals surface area contributed by atoms with Crippen molar-refractivity contribution in [2.24, 2.45) is 0 Å². The summed E-state index contributed by atoms with van der Waals surface area (Å²) in [7, 11) is 0. The maximum absolute atomic E-state index is 12.4. The van der Waals surface area contributed by atoms with Crippen LogP contribution >= 0.6 is 0 Å². The summed E-state index contributed by atoms with van der Waals surface area (Å²) in [6.45, 7) is 8.43. The lowest BCUT2D eigenvalue weighted by molar-refractivity contribution is -0.130. The van der Waals surface area contributed by atoms with E-state index >= 15 is 0 Å². The molecule has 0 aliphatic rings. The van der Waals surface area contributed by atoms with Gasteiger partial charge < -0.3 is 14.2 Å². The summed E-state index contributed by atoms with van der Waals surface area (Å²) >= 11 is 0. The van der Waals surface area contributed by atoms with Crippen LogP contribution in [0.5, 0.6) is 17.2 Å². The van der Waals surface area contributed by atoms with Crippen LogP contribution in [0.4, 0.5) is 0 Å². The molecule has 0 aliphatic carbocycles. The second-order valence-corrected chi connectivity index (χ2v) is 6.76. The van der Waals surface area contributed by atoms with Gasteiger partial charge in [-0.2, -0.15) is 0 Å². The van der Waals surface area contributed by atoms with Gasteiger partial charge in [-0.15, -0.1) is 0 Å². The van der Waals surface area contributed by atoms with Gasteiger partial charge in [-0.05, 0) is 66.6 Å². The molecular formula is C26H20O6. The first-order valence-corrected chi connectivity index (χ1v) is 9.60. The Bertz CT molecular complexity index is 1160. The molecule has 0 radical (unpaired) electrons. The van der Waals surface area contributed by atoms with Crippen molar-refractivity contribution in [2.75, 3.05) is 0 Å². The topological polar surface area (TPSA) is 78.9 Å². The van der Waals surface area contributed by atoms with E-state index < -0.39 is 17.9 Å². The van der Waals surface area contributed by atoms with E-state index in [1.165, 1.54) is 24.3 Å². The van der Waals surface area contributed by atoms with Crippen LogP contribution in [0.2, 0.25) is 0 Å². The number of carbonyl (C=O) groups excluding carboxylic acids is 3. The number of ether oxygens (including phenoxy) is 3. The first kappa shape index (κ1) is 22.2. The number of hydrogen-bond donors (Lipinski definition) is 0. The van der Waals surface area contributed by atoms with Gasteiger partial charge in [0.05, 0.1) is 5.56 Å². The molecule has 0 N–H and O–H groups in total. The van der Waals surface area contributed by atoms with Gasteiger partial charge in [0.15, 0.2) is 0 Å². The van der Waals surface area contributed by atoms with E-state index in [2.05, 4.69) is 13.2 Å². The van der Waals surface area contributed by atoms with E-state index in [-0.39, 0.29) is 5.57 Å². The van der Waals surface area contributed by atoms with Crippen molar-refractivity contribution in [2.45, 2.75) is 6.92 Å². The molecule has 160 valence electrons. The van der Waals surface area contributed by atoms with Gasteiger partial charge >= 0.3 is 17.9 Å². The van der Waals surface area contributed by atoms with Gasteiger partial charge in [0.25, 0.3) is 0 Å². The van der Waals surface area contributed by atoms with E-state index in [1.807, 2.05) is 0 Å². The number of rotatable bonds is 7. The van der Waals surface area contributed by atoms with Crippen LogP contribution in [0, 0.1) is 0 Å². The highest BCUT2D eigenvalue weighted by Crippen LogP contribution is 2.24. The zero-order valence-corrected chi connectivity index (χ0v) is 17.4. The van der Waals surface area contributed by atoms with E-state index in [1.54, 1.807) is 55.5 Å². The van der Waals surface area contributed by atoms with E-state index in [4.69, 9.17) is 14.2 Å². The lowest BCUT2D eigenvalue weighted by Gasteiger charge is -2.08. The SMILES string of the molecule is C=CC(=O)Oc1ccc(-c2ccc(C(=O)Oc3ccc(OC(=O)C(=C)C)cc3)cc2)cc1. The molecule has 0 bridgehead atoms. The number of benzene rings is 3. The summed E-state index contributed by atoms with van der Waals surface area (Å²) in [5.74, 6) is -0.508. The summed E-state index contributed by atoms with van der Waals surface area (Å²) in [5, 5.41) is 0. The summed E-state index contributed by atoms with van der Waals surface area (Å²) in [5.41, 5.74) is 2.44. The average molecular weight is 428 g/mol. The molecule has 0 saturated carbocycles. The minimum Gasteiger partial charge on any atom is -0.423 e. The Balaban J connectivity index is 1.62. The molecule has 0 aliphatic heterocycles. The molecule has 0 heterocycles. The van der Waals surface area contributed by atoms with Gasteiger partial charge in [-0.3, -0.25) is 0 Å². The smallest absolute Gasteiger partial charge is 0.343 e. The Morgan fingerprint density at radius 3 is 1.62 bits per heavy atom. The molecule has 0 unspecified atom stereocenters. The Morgan fingerprint density at radius 1 is 0.688 bits per heavy atom. The highest BCUT2D eigenvalue weighted by molar-refractivity contribution is 5.92. The largest absolute Gasteiger partial charge is 0.423 e. The highest BCUT2D eigenvalue weighted by atomic mass is 16.5. The molecule has 32 heavy (non-hydrogen) atoms. The van der Waals surface area contributed by atoms with Crippen molar-refractivity contribution in [3.63, 3.8) is 0 Å². The fourth-order valence-electron chi connectivity index (χ4n) is 2.61. The maximum Gasteiger partial charge on any atom is 0.343 e. The zero-order valence-electron chi connectivity index (χ0n) is 17.4.